The van der Waals surface area contributed by atoms with Gasteiger partial charge >= 0.3 is 0 Å². The highest BCUT2D eigenvalue weighted by Crippen LogP contribution is 2.36. The molecule has 0 amide bonds. The molecule has 0 atom stereocenters. The van der Waals surface area contributed by atoms with Crippen LogP contribution in [0.25, 0.3) is 0 Å². The van der Waals surface area contributed by atoms with Gasteiger partial charge in [0.25, 0.3) is 0 Å². The molecule has 1 aromatic carbocycles. The highest BCUT2D eigenvalue weighted by atomic mass is 16.5. The Hall–Kier alpha value is -1.02. The second-order valence-corrected chi connectivity index (χ2v) is 7.07. The number of benzene rings is 1. The molecule has 1 N–H and O–H groups in total. The maximum atomic E-state index is 11.1. The Labute approximate surface area is 123 Å². The number of hydrogen-bond acceptors (Lipinski definition) is 2. The molecule has 2 rings (SSSR count). The average Bonchev–Trinajstić information content (AvgIpc) is 3.11. The molecule has 2 nitrogen and oxygen atoms in total. The van der Waals surface area contributed by atoms with Crippen LogP contribution in [-0.4, -0.2) is 11.2 Å². The Balaban J connectivity index is 2.14. The van der Waals surface area contributed by atoms with Gasteiger partial charge in [-0.25, -0.2) is 0 Å². The summed E-state index contributed by atoms with van der Waals surface area (Å²) in [4.78, 5) is 0. The third-order valence-electron chi connectivity index (χ3n) is 3.71. The van der Waals surface area contributed by atoms with Crippen LogP contribution in [0.5, 0.6) is 5.75 Å². The normalized spacial score (nSPS) is 15.9. The van der Waals surface area contributed by atoms with Crippen molar-refractivity contribution in [1.29, 1.82) is 0 Å². The van der Waals surface area contributed by atoms with Gasteiger partial charge in [0, 0.05) is 0 Å². The van der Waals surface area contributed by atoms with Crippen molar-refractivity contribution in [2.24, 2.45) is 11.8 Å². The van der Waals surface area contributed by atoms with Crippen molar-refractivity contribution >= 4 is 0 Å². The summed E-state index contributed by atoms with van der Waals surface area (Å²) in [6.07, 6.45) is 4.37. The molecule has 0 saturated heterocycles. The lowest BCUT2D eigenvalue weighted by Gasteiger charge is -2.32. The SMILES string of the molecule is CC(C)CC(O)(CC(C)C)c1ccc(OC2CC2)cc1. The van der Waals surface area contributed by atoms with Crippen molar-refractivity contribution in [3.8, 4) is 5.75 Å². The quantitative estimate of drug-likeness (QED) is 0.794. The van der Waals surface area contributed by atoms with Gasteiger partial charge < -0.3 is 9.84 Å². The van der Waals surface area contributed by atoms with Gasteiger partial charge in [-0.1, -0.05) is 39.8 Å². The fourth-order valence-corrected chi connectivity index (χ4v) is 2.89. The minimum Gasteiger partial charge on any atom is -0.490 e. The van der Waals surface area contributed by atoms with Crippen molar-refractivity contribution in [1.82, 2.24) is 0 Å². The molecule has 0 spiro atoms. The molecule has 1 aliphatic rings. The molecular weight excluding hydrogens is 248 g/mol. The molecule has 20 heavy (non-hydrogen) atoms. The zero-order valence-electron chi connectivity index (χ0n) is 13.2. The zero-order chi connectivity index (χ0) is 14.8. The van der Waals surface area contributed by atoms with Crippen LogP contribution in [0.15, 0.2) is 24.3 Å². The van der Waals surface area contributed by atoms with Gasteiger partial charge in [0.15, 0.2) is 0 Å². The van der Waals surface area contributed by atoms with E-state index in [4.69, 9.17) is 4.74 Å². The third kappa shape index (κ3) is 4.24. The van der Waals surface area contributed by atoms with E-state index in [0.717, 1.165) is 24.2 Å². The molecule has 1 aromatic rings. The van der Waals surface area contributed by atoms with E-state index in [-0.39, 0.29) is 0 Å². The molecule has 0 radical (unpaired) electrons. The maximum absolute atomic E-state index is 11.1. The lowest BCUT2D eigenvalue weighted by atomic mass is 9.80. The predicted octanol–water partition coefficient (Wildman–Crippen LogP) is 4.51. The second-order valence-electron chi connectivity index (χ2n) is 7.07. The van der Waals surface area contributed by atoms with Crippen molar-refractivity contribution in [3.63, 3.8) is 0 Å². The van der Waals surface area contributed by atoms with Gasteiger partial charge in [0.2, 0.25) is 0 Å². The van der Waals surface area contributed by atoms with E-state index < -0.39 is 5.60 Å². The van der Waals surface area contributed by atoms with Crippen LogP contribution in [0.3, 0.4) is 0 Å². The van der Waals surface area contributed by atoms with Gasteiger partial charge in [0.1, 0.15) is 5.75 Å². The molecular formula is C18H28O2. The molecule has 0 aromatic heterocycles. The number of rotatable bonds is 7. The number of aliphatic hydroxyl groups is 1. The second kappa shape index (κ2) is 6.17. The van der Waals surface area contributed by atoms with Crippen LogP contribution in [0, 0.1) is 11.8 Å². The molecule has 2 heteroatoms. The van der Waals surface area contributed by atoms with Gasteiger partial charge in [-0.05, 0) is 55.2 Å². The summed E-state index contributed by atoms with van der Waals surface area (Å²) in [7, 11) is 0. The van der Waals surface area contributed by atoms with Gasteiger partial charge in [-0.2, -0.15) is 0 Å². The molecule has 1 fully saturated rings. The first kappa shape index (κ1) is 15.4. The van der Waals surface area contributed by atoms with Crippen molar-refractivity contribution in [3.05, 3.63) is 29.8 Å². The standard InChI is InChI=1S/C18H28O2/c1-13(2)11-18(19,12-14(3)4)15-5-7-16(8-6-15)20-17-9-10-17/h5-8,13-14,17,19H,9-12H2,1-4H3. The Morgan fingerprint density at radius 3 is 1.95 bits per heavy atom. The van der Waals surface area contributed by atoms with Gasteiger partial charge in [0.05, 0.1) is 11.7 Å². The molecule has 0 bridgehead atoms. The van der Waals surface area contributed by atoms with E-state index in [2.05, 4.69) is 27.7 Å². The molecule has 112 valence electrons. The first-order valence-electron chi connectivity index (χ1n) is 7.88. The summed E-state index contributed by atoms with van der Waals surface area (Å²) in [5.74, 6) is 1.87. The monoisotopic (exact) mass is 276 g/mol. The molecule has 0 aliphatic heterocycles. The van der Waals surface area contributed by atoms with Gasteiger partial charge in [-0.15, -0.1) is 0 Å². The highest BCUT2D eigenvalue weighted by molar-refractivity contribution is 5.31. The summed E-state index contributed by atoms with van der Waals surface area (Å²) in [5.41, 5.74) is 0.295. The number of hydrogen-bond donors (Lipinski definition) is 1. The van der Waals surface area contributed by atoms with E-state index in [1.54, 1.807) is 0 Å². The smallest absolute Gasteiger partial charge is 0.119 e. The summed E-state index contributed by atoms with van der Waals surface area (Å²) in [6, 6.07) is 8.06. The Bertz CT molecular complexity index is 406. The lowest BCUT2D eigenvalue weighted by molar-refractivity contribution is -0.00453. The Morgan fingerprint density at radius 2 is 1.55 bits per heavy atom. The van der Waals surface area contributed by atoms with Crippen LogP contribution in [0.2, 0.25) is 0 Å². The Morgan fingerprint density at radius 1 is 1.05 bits per heavy atom. The van der Waals surface area contributed by atoms with Crippen molar-refractivity contribution < 1.29 is 9.84 Å². The van der Waals surface area contributed by atoms with Crippen molar-refractivity contribution in [2.75, 3.05) is 0 Å². The highest BCUT2D eigenvalue weighted by Gasteiger charge is 2.31. The van der Waals surface area contributed by atoms with E-state index >= 15 is 0 Å². The minimum absolute atomic E-state index is 0.422. The molecule has 0 unspecified atom stereocenters. The summed E-state index contributed by atoms with van der Waals surface area (Å²) >= 11 is 0. The molecule has 0 heterocycles. The fourth-order valence-electron chi connectivity index (χ4n) is 2.89. The van der Waals surface area contributed by atoms with Crippen LogP contribution in [-0.2, 0) is 5.60 Å². The summed E-state index contributed by atoms with van der Waals surface area (Å²) in [6.45, 7) is 8.65. The molecule has 1 saturated carbocycles. The van der Waals surface area contributed by atoms with Gasteiger partial charge in [-0.3, -0.25) is 0 Å². The van der Waals surface area contributed by atoms with E-state index in [9.17, 15) is 5.11 Å². The largest absolute Gasteiger partial charge is 0.490 e. The zero-order valence-corrected chi connectivity index (χ0v) is 13.2. The fraction of sp³-hybridized carbons (Fsp3) is 0.667. The van der Waals surface area contributed by atoms with E-state index in [1.165, 1.54) is 12.8 Å². The van der Waals surface area contributed by atoms with Crippen molar-refractivity contribution in [2.45, 2.75) is 65.1 Å². The first-order valence-corrected chi connectivity index (χ1v) is 7.88. The number of ether oxygens (including phenoxy) is 1. The lowest BCUT2D eigenvalue weighted by Crippen LogP contribution is -2.29. The predicted molar refractivity (Wildman–Crippen MR) is 82.9 cm³/mol. The topological polar surface area (TPSA) is 29.5 Å². The Kier molecular flexibility index (Phi) is 4.74. The first-order chi connectivity index (χ1) is 9.39. The minimum atomic E-state index is -0.722. The summed E-state index contributed by atoms with van der Waals surface area (Å²) < 4.78 is 5.77. The third-order valence-corrected chi connectivity index (χ3v) is 3.71. The van der Waals surface area contributed by atoms with Crippen LogP contribution < -0.4 is 4.74 Å². The average molecular weight is 276 g/mol. The van der Waals surface area contributed by atoms with E-state index in [0.29, 0.717) is 17.9 Å². The van der Waals surface area contributed by atoms with E-state index in [1.807, 2.05) is 24.3 Å². The van der Waals surface area contributed by atoms with Crippen LogP contribution >= 0.6 is 0 Å². The molecule has 1 aliphatic carbocycles. The van der Waals surface area contributed by atoms with Crippen LogP contribution in [0.1, 0.15) is 58.9 Å². The summed E-state index contributed by atoms with van der Waals surface area (Å²) in [5, 5.41) is 11.1. The van der Waals surface area contributed by atoms with Crippen LogP contribution in [0.4, 0.5) is 0 Å². The maximum Gasteiger partial charge on any atom is 0.119 e.